The molecule has 2 saturated heterocycles. The Kier molecular flexibility index (Phi) is 18.5. The Morgan fingerprint density at radius 3 is 1.87 bits per heavy atom. The number of aromatic nitrogens is 2. The van der Waals surface area contributed by atoms with Crippen LogP contribution in [0, 0.1) is 6.92 Å². The number of aryl methyl sites for hydroxylation is 1. The van der Waals surface area contributed by atoms with Crippen molar-refractivity contribution in [3.05, 3.63) is 74.2 Å². The summed E-state index contributed by atoms with van der Waals surface area (Å²) < 4.78 is 2.61. The average molecular weight is 876 g/mol. The quantitative estimate of drug-likeness (QED) is 0.0503. The van der Waals surface area contributed by atoms with Crippen molar-refractivity contribution >= 4 is 48.1 Å². The molecule has 0 amide bonds. The number of benzene rings is 1. The van der Waals surface area contributed by atoms with Gasteiger partial charge in [-0.15, -0.1) is 11.8 Å². The summed E-state index contributed by atoms with van der Waals surface area (Å²) in [6.45, 7) is 5.78. The van der Waals surface area contributed by atoms with E-state index in [2.05, 4.69) is 11.8 Å². The van der Waals surface area contributed by atoms with Gasteiger partial charge in [0.2, 0.25) is 0 Å². The highest BCUT2D eigenvalue weighted by Crippen LogP contribution is 2.40. The normalized spacial score (nSPS) is 21.0. The van der Waals surface area contributed by atoms with Crippen LogP contribution >= 0.6 is 11.8 Å². The molecule has 2 aliphatic heterocycles. The lowest BCUT2D eigenvalue weighted by Crippen LogP contribution is -2.49. The van der Waals surface area contributed by atoms with E-state index in [1.165, 1.54) is 32.1 Å². The highest BCUT2D eigenvalue weighted by atomic mass is 32.2. The lowest BCUT2D eigenvalue weighted by Gasteiger charge is -2.35. The summed E-state index contributed by atoms with van der Waals surface area (Å²) in [6, 6.07) is 5.34. The van der Waals surface area contributed by atoms with E-state index in [4.69, 9.17) is 5.73 Å². The van der Waals surface area contributed by atoms with Gasteiger partial charge >= 0.3 is 29.6 Å². The van der Waals surface area contributed by atoms with Gasteiger partial charge < -0.3 is 36.4 Å². The number of hydrogen-bond acceptors (Lipinski definition) is 16. The number of carboxylic acids is 4. The molecule has 336 valence electrons. The van der Waals surface area contributed by atoms with Crippen LogP contribution < -0.4 is 17.0 Å². The number of unbranched alkanes of at least 4 members (excludes halogenated alkanes) is 1. The highest BCUT2D eigenvalue weighted by molar-refractivity contribution is 8.00. The number of hydrogen-bond donors (Lipinski definition) is 7. The summed E-state index contributed by atoms with van der Waals surface area (Å²) >= 11 is 1.29. The SMILES string of the molecule is C=NN(/C=C(\N)c1ccc(C(C(=O)O)N2CCN(CC(=O)O)CCN(CC(=O)O)CCN(CC(=O)O)CC2)cc1)CCCCn1c(=O)c(C)cn(C2CC(O)[C@@H](CO)S2)c1=O. The van der Waals surface area contributed by atoms with Gasteiger partial charge in [-0.3, -0.25) is 57.7 Å². The van der Waals surface area contributed by atoms with E-state index in [0.717, 1.165) is 0 Å². The summed E-state index contributed by atoms with van der Waals surface area (Å²) in [5, 5.41) is 63.5. The van der Waals surface area contributed by atoms with Gasteiger partial charge in [0.15, 0.2) is 0 Å². The van der Waals surface area contributed by atoms with Crippen LogP contribution in [-0.4, -0.2) is 191 Å². The van der Waals surface area contributed by atoms with Gasteiger partial charge in [0.25, 0.3) is 5.56 Å². The van der Waals surface area contributed by atoms with Gasteiger partial charge in [0.05, 0.1) is 48.7 Å². The minimum atomic E-state index is -1.19. The monoisotopic (exact) mass is 875 g/mol. The van der Waals surface area contributed by atoms with Crippen LogP contribution in [0.2, 0.25) is 0 Å². The molecule has 3 heterocycles. The van der Waals surface area contributed by atoms with Crippen LogP contribution in [0.25, 0.3) is 5.70 Å². The van der Waals surface area contributed by atoms with E-state index in [9.17, 15) is 59.4 Å². The molecular weight excluding hydrogens is 819 g/mol. The van der Waals surface area contributed by atoms with Crippen molar-refractivity contribution in [2.75, 3.05) is 85.1 Å². The fraction of sp³-hybridized carbons (Fsp3) is 0.564. The largest absolute Gasteiger partial charge is 0.480 e. The fourth-order valence-electron chi connectivity index (χ4n) is 7.39. The molecule has 4 rings (SSSR count). The van der Waals surface area contributed by atoms with E-state index >= 15 is 0 Å². The molecule has 0 aliphatic carbocycles. The van der Waals surface area contributed by atoms with Gasteiger partial charge in [-0.2, -0.15) is 5.10 Å². The summed E-state index contributed by atoms with van der Waals surface area (Å²) in [6.07, 6.45) is 3.48. The number of aliphatic hydroxyl groups is 2. The molecule has 0 radical (unpaired) electrons. The van der Waals surface area contributed by atoms with E-state index in [1.54, 1.807) is 57.0 Å². The number of nitrogens with two attached hydrogens (primary N) is 1. The number of nitrogens with zero attached hydrogens (tertiary/aromatic N) is 8. The smallest absolute Gasteiger partial charge is 0.331 e. The number of carbonyl (C=O) groups is 4. The molecule has 3 unspecified atom stereocenters. The van der Waals surface area contributed by atoms with Crippen molar-refractivity contribution in [2.45, 2.75) is 55.5 Å². The second kappa shape index (κ2) is 23.2. The molecule has 21 nitrogen and oxygen atoms in total. The minimum Gasteiger partial charge on any atom is -0.480 e. The van der Waals surface area contributed by atoms with Crippen molar-refractivity contribution in [3.8, 4) is 0 Å². The van der Waals surface area contributed by atoms with Crippen molar-refractivity contribution in [1.82, 2.24) is 33.7 Å². The van der Waals surface area contributed by atoms with E-state index in [1.807, 2.05) is 0 Å². The Balaban J connectivity index is 1.45. The molecule has 0 bridgehead atoms. The topological polar surface area (TPSA) is 288 Å². The zero-order valence-electron chi connectivity index (χ0n) is 34.2. The second-order valence-electron chi connectivity index (χ2n) is 15.1. The summed E-state index contributed by atoms with van der Waals surface area (Å²) in [5.74, 6) is -4.44. The molecule has 22 heteroatoms. The fourth-order valence-corrected chi connectivity index (χ4v) is 8.77. The van der Waals surface area contributed by atoms with Gasteiger partial charge in [-0.05, 0) is 30.9 Å². The maximum atomic E-state index is 13.3. The van der Waals surface area contributed by atoms with Gasteiger partial charge in [-0.1, -0.05) is 24.3 Å². The van der Waals surface area contributed by atoms with Crippen LogP contribution in [0.3, 0.4) is 0 Å². The number of rotatable bonds is 19. The summed E-state index contributed by atoms with van der Waals surface area (Å²) in [4.78, 5) is 80.6. The molecule has 1 aromatic carbocycles. The average Bonchev–Trinajstić information content (AvgIpc) is 3.58. The van der Waals surface area contributed by atoms with Gasteiger partial charge in [0.1, 0.15) is 6.04 Å². The number of carboxylic acid groups (broad SMARTS) is 4. The van der Waals surface area contributed by atoms with Crippen LogP contribution in [-0.2, 0) is 25.7 Å². The Hall–Kier alpha value is -5.10. The summed E-state index contributed by atoms with van der Waals surface area (Å²) in [7, 11) is 0. The lowest BCUT2D eigenvalue weighted by atomic mass is 10.0. The molecule has 2 aliphatic rings. The number of thioether (sulfide) groups is 1. The molecule has 1 aromatic heterocycles. The first kappa shape index (κ1) is 48.6. The predicted molar refractivity (Wildman–Crippen MR) is 226 cm³/mol. The van der Waals surface area contributed by atoms with Gasteiger partial charge in [0, 0.05) is 96.5 Å². The van der Waals surface area contributed by atoms with E-state index < -0.39 is 57.9 Å². The Bertz CT molecular complexity index is 1960. The number of aliphatic hydroxyl groups excluding tert-OH is 2. The number of aliphatic carboxylic acids is 4. The second-order valence-corrected chi connectivity index (χ2v) is 16.5. The molecular formula is C39H57N9O12S. The molecule has 2 aromatic rings. The van der Waals surface area contributed by atoms with Crippen molar-refractivity contribution in [2.24, 2.45) is 10.8 Å². The maximum Gasteiger partial charge on any atom is 0.331 e. The van der Waals surface area contributed by atoms with E-state index in [-0.39, 0.29) is 97.3 Å². The summed E-state index contributed by atoms with van der Waals surface area (Å²) in [5.41, 5.74) is 7.15. The van der Waals surface area contributed by atoms with Crippen LogP contribution in [0.15, 0.2) is 51.4 Å². The van der Waals surface area contributed by atoms with Crippen LogP contribution in [0.4, 0.5) is 0 Å². The van der Waals surface area contributed by atoms with Crippen LogP contribution in [0.5, 0.6) is 0 Å². The first-order valence-corrected chi connectivity index (χ1v) is 20.8. The van der Waals surface area contributed by atoms with Crippen molar-refractivity contribution in [3.63, 3.8) is 0 Å². The van der Waals surface area contributed by atoms with Gasteiger partial charge in [-0.25, -0.2) is 4.79 Å². The van der Waals surface area contributed by atoms with Crippen molar-refractivity contribution in [1.29, 1.82) is 0 Å². The van der Waals surface area contributed by atoms with Crippen molar-refractivity contribution < 1.29 is 49.8 Å². The third-order valence-corrected chi connectivity index (χ3v) is 12.2. The molecule has 2 fully saturated rings. The Morgan fingerprint density at radius 2 is 1.41 bits per heavy atom. The first-order valence-electron chi connectivity index (χ1n) is 19.9. The minimum absolute atomic E-state index is 0.108. The lowest BCUT2D eigenvalue weighted by molar-refractivity contribution is -0.145. The third-order valence-electron chi connectivity index (χ3n) is 10.7. The zero-order valence-corrected chi connectivity index (χ0v) is 35.0. The first-order chi connectivity index (χ1) is 29.0. The molecule has 0 spiro atoms. The third kappa shape index (κ3) is 14.2. The van der Waals surface area contributed by atoms with Crippen LogP contribution in [0.1, 0.15) is 47.4 Å². The molecule has 0 saturated carbocycles. The maximum absolute atomic E-state index is 13.3. The predicted octanol–water partition coefficient (Wildman–Crippen LogP) is -1.07. The highest BCUT2D eigenvalue weighted by Gasteiger charge is 2.35. The standard InChI is InChI=1S/C39H57N9O12S/c1-26-20-48(32-19-30(50)31(25-49)61-32)39(60)47(37(26)57)10-4-3-9-46(41-2)21-29(40)27-5-7-28(8-6-27)36(38(58)59)45-17-15-43(23-34(53)54)13-11-42(22-33(51)52)12-14-44(16-18-45)24-35(55)56/h5-8,20-21,30-32,36,49-50H,2-4,9-19,22-25,40H2,1H3,(H,51,52)(H,53,54)(H,55,56)(H,58,59)/b29-21-/t30?,31-,32?,36?/m1/s1. The van der Waals surface area contributed by atoms with E-state index in [0.29, 0.717) is 36.1 Å². The molecule has 61 heavy (non-hydrogen) atoms. The zero-order chi connectivity index (χ0) is 44.8. The molecule has 4 atom stereocenters. The Morgan fingerprint density at radius 1 is 0.885 bits per heavy atom. The Labute approximate surface area is 356 Å². The molecule has 8 N–H and O–H groups in total. The number of hydrazone groups is 1.